The highest BCUT2D eigenvalue weighted by atomic mass is 19.4. The normalized spacial score (nSPS) is 20.3. The van der Waals surface area contributed by atoms with Crippen LogP contribution in [0.25, 0.3) is 0 Å². The third-order valence-corrected chi connectivity index (χ3v) is 5.76. The largest absolute Gasteiger partial charge is 0.416 e. The average Bonchev–Trinajstić information content (AvgIpc) is 2.83. The van der Waals surface area contributed by atoms with Gasteiger partial charge in [-0.05, 0) is 34.9 Å². The van der Waals surface area contributed by atoms with E-state index in [1.54, 1.807) is 0 Å². The molecule has 8 heteroatoms. The Bertz CT molecular complexity index is 1060. The number of benzene rings is 3. The molecule has 0 bridgehead atoms. The molecule has 3 aromatic carbocycles. The third kappa shape index (κ3) is 5.82. The summed E-state index contributed by atoms with van der Waals surface area (Å²) in [6.07, 6.45) is -6.82. The van der Waals surface area contributed by atoms with E-state index < -0.39 is 36.6 Å². The number of hydrogen-bond acceptors (Lipinski definition) is 4. The first-order chi connectivity index (χ1) is 16.3. The van der Waals surface area contributed by atoms with Crippen molar-refractivity contribution in [3.63, 3.8) is 0 Å². The smallest absolute Gasteiger partial charge is 0.393 e. The average molecular weight is 475 g/mol. The molecule has 1 aliphatic rings. The number of rotatable bonds is 7. The van der Waals surface area contributed by atoms with Crippen LogP contribution in [-0.4, -0.2) is 36.1 Å². The highest BCUT2D eigenvalue weighted by Crippen LogP contribution is 2.36. The Morgan fingerprint density at radius 2 is 1.68 bits per heavy atom. The number of halogens is 4. The van der Waals surface area contributed by atoms with Crippen LogP contribution >= 0.6 is 0 Å². The molecule has 3 atom stereocenters. The lowest BCUT2D eigenvalue weighted by molar-refractivity contribution is -0.238. The fourth-order valence-electron chi connectivity index (χ4n) is 4.17. The second-order valence-electron chi connectivity index (χ2n) is 8.13. The zero-order valence-corrected chi connectivity index (χ0v) is 18.3. The molecule has 0 spiro atoms. The topological polar surface area (TPSA) is 41.9 Å². The number of aliphatic hydroxyl groups is 1. The maximum Gasteiger partial charge on any atom is 0.416 e. The lowest BCUT2D eigenvalue weighted by Crippen LogP contribution is -2.46. The zero-order valence-electron chi connectivity index (χ0n) is 18.3. The van der Waals surface area contributed by atoms with Crippen molar-refractivity contribution in [2.45, 2.75) is 31.2 Å². The summed E-state index contributed by atoms with van der Waals surface area (Å²) in [4.78, 5) is 2.17. The second-order valence-corrected chi connectivity index (χ2v) is 8.13. The summed E-state index contributed by atoms with van der Waals surface area (Å²) in [6, 6.07) is 21.1. The molecule has 0 aliphatic carbocycles. The number of nitrogens with zero attached hydrogens (tertiary/aromatic N) is 1. The first kappa shape index (κ1) is 24.3. The number of alkyl halides is 3. The van der Waals surface area contributed by atoms with Crippen molar-refractivity contribution in [1.82, 2.24) is 4.90 Å². The van der Waals surface area contributed by atoms with Gasteiger partial charge in [0, 0.05) is 13.1 Å². The van der Waals surface area contributed by atoms with Gasteiger partial charge in [-0.1, -0.05) is 60.7 Å². The lowest BCUT2D eigenvalue weighted by Gasteiger charge is -2.42. The Balaban J connectivity index is 1.64. The first-order valence-corrected chi connectivity index (χ1v) is 10.9. The molecule has 4 nitrogen and oxygen atoms in total. The molecule has 0 saturated carbocycles. The van der Waals surface area contributed by atoms with E-state index in [1.165, 1.54) is 0 Å². The van der Waals surface area contributed by atoms with Gasteiger partial charge in [-0.2, -0.15) is 13.2 Å². The van der Waals surface area contributed by atoms with E-state index >= 15 is 0 Å². The van der Waals surface area contributed by atoms with Crippen molar-refractivity contribution < 1.29 is 32.1 Å². The summed E-state index contributed by atoms with van der Waals surface area (Å²) in [5.74, 6) is -1.05. The maximum atomic E-state index is 14.0. The van der Waals surface area contributed by atoms with Crippen molar-refractivity contribution in [1.29, 1.82) is 0 Å². The Labute approximate surface area is 195 Å². The minimum Gasteiger partial charge on any atom is -0.393 e. The van der Waals surface area contributed by atoms with Crippen molar-refractivity contribution in [2.75, 3.05) is 19.8 Å². The number of hydrogen-bond donors (Lipinski definition) is 1. The number of aliphatic hydroxyl groups excluding tert-OH is 1. The number of morpholine rings is 1. The summed E-state index contributed by atoms with van der Waals surface area (Å²) in [5, 5.41) is 9.95. The molecule has 0 radical (unpaired) electrons. The fraction of sp³-hybridized carbons (Fsp3) is 0.308. The van der Waals surface area contributed by atoms with E-state index in [4.69, 9.17) is 9.47 Å². The van der Waals surface area contributed by atoms with Gasteiger partial charge in [0.05, 0.1) is 24.8 Å². The fourth-order valence-corrected chi connectivity index (χ4v) is 4.17. The highest BCUT2D eigenvalue weighted by Gasteiger charge is 2.37. The van der Waals surface area contributed by atoms with Crippen LogP contribution in [0.15, 0.2) is 78.9 Å². The van der Waals surface area contributed by atoms with Crippen molar-refractivity contribution in [3.8, 4) is 0 Å². The van der Waals surface area contributed by atoms with Gasteiger partial charge in [-0.15, -0.1) is 0 Å². The molecule has 34 heavy (non-hydrogen) atoms. The van der Waals surface area contributed by atoms with Crippen LogP contribution in [0, 0.1) is 5.82 Å². The van der Waals surface area contributed by atoms with Gasteiger partial charge in [0.1, 0.15) is 11.9 Å². The molecule has 1 heterocycles. The quantitative estimate of drug-likeness (QED) is 0.459. The maximum absolute atomic E-state index is 14.0. The second kappa shape index (κ2) is 10.7. The van der Waals surface area contributed by atoms with Gasteiger partial charge in [0.15, 0.2) is 6.29 Å². The summed E-state index contributed by atoms with van der Waals surface area (Å²) in [6.45, 7) is 0.901. The van der Waals surface area contributed by atoms with Crippen LogP contribution < -0.4 is 0 Å². The minimum atomic E-state index is -4.72. The molecular weight excluding hydrogens is 450 g/mol. The van der Waals surface area contributed by atoms with E-state index in [0.29, 0.717) is 25.8 Å². The van der Waals surface area contributed by atoms with E-state index in [1.807, 2.05) is 60.7 Å². The molecule has 4 rings (SSSR count). The Kier molecular flexibility index (Phi) is 7.63. The first-order valence-electron chi connectivity index (χ1n) is 10.9. The van der Waals surface area contributed by atoms with E-state index in [2.05, 4.69) is 4.90 Å². The van der Waals surface area contributed by atoms with Gasteiger partial charge in [-0.3, -0.25) is 4.90 Å². The van der Waals surface area contributed by atoms with Crippen molar-refractivity contribution in [2.24, 2.45) is 0 Å². The van der Waals surface area contributed by atoms with Crippen molar-refractivity contribution >= 4 is 0 Å². The van der Waals surface area contributed by atoms with Crippen LogP contribution in [0.1, 0.15) is 34.4 Å². The molecule has 2 unspecified atom stereocenters. The zero-order chi connectivity index (χ0) is 24.1. The Hall–Kier alpha value is -2.78. The molecule has 1 saturated heterocycles. The molecule has 0 amide bonds. The van der Waals surface area contributed by atoms with Crippen LogP contribution in [0.3, 0.4) is 0 Å². The minimum absolute atomic E-state index is 0.106. The standard InChI is InChI=1S/C26H25F4NO3/c27-22-14-20(13-21(15-22)26(28,29)30)23(17-32)34-25-24(19-9-5-2-6-10-19)31(11-12-33-25)16-18-7-3-1-4-8-18/h1-10,13-15,23-25,32H,11-12,16-17H2/t23-,24?,25?/m0/s1. The van der Waals surface area contributed by atoms with Gasteiger partial charge in [-0.25, -0.2) is 4.39 Å². The Morgan fingerprint density at radius 1 is 1.00 bits per heavy atom. The van der Waals surface area contributed by atoms with Crippen LogP contribution in [-0.2, 0) is 22.2 Å². The molecule has 0 aromatic heterocycles. The van der Waals surface area contributed by atoms with Crippen molar-refractivity contribution in [3.05, 3.63) is 107 Å². The Morgan fingerprint density at radius 3 is 2.32 bits per heavy atom. The van der Waals surface area contributed by atoms with Gasteiger partial charge >= 0.3 is 6.18 Å². The van der Waals surface area contributed by atoms with E-state index in [-0.39, 0.29) is 11.6 Å². The monoisotopic (exact) mass is 475 g/mol. The predicted molar refractivity (Wildman–Crippen MR) is 118 cm³/mol. The van der Waals surface area contributed by atoms with Crippen LogP contribution in [0.2, 0.25) is 0 Å². The molecule has 1 N–H and O–H groups in total. The molecular formula is C26H25F4NO3. The van der Waals surface area contributed by atoms with E-state index in [0.717, 1.165) is 23.3 Å². The lowest BCUT2D eigenvalue weighted by atomic mass is 10.0. The summed E-state index contributed by atoms with van der Waals surface area (Å²) in [7, 11) is 0. The number of ether oxygens (including phenoxy) is 2. The molecule has 3 aromatic rings. The van der Waals surface area contributed by atoms with Gasteiger partial charge in [0.25, 0.3) is 0 Å². The SMILES string of the molecule is OC[C@H](OC1OCCN(Cc2ccccc2)C1c1ccccc1)c1cc(F)cc(C(F)(F)F)c1. The molecule has 180 valence electrons. The van der Waals surface area contributed by atoms with Crippen LogP contribution in [0.4, 0.5) is 17.6 Å². The summed E-state index contributed by atoms with van der Waals surface area (Å²) in [5.41, 5.74) is 0.739. The highest BCUT2D eigenvalue weighted by molar-refractivity contribution is 5.29. The van der Waals surface area contributed by atoms with Gasteiger partial charge < -0.3 is 14.6 Å². The molecule has 1 aliphatic heterocycles. The summed E-state index contributed by atoms with van der Waals surface area (Å²) < 4.78 is 65.6. The molecule has 1 fully saturated rings. The summed E-state index contributed by atoms with van der Waals surface area (Å²) >= 11 is 0. The van der Waals surface area contributed by atoms with Gasteiger partial charge in [0.2, 0.25) is 0 Å². The van der Waals surface area contributed by atoms with E-state index in [9.17, 15) is 22.7 Å². The third-order valence-electron chi connectivity index (χ3n) is 5.76. The predicted octanol–water partition coefficient (Wildman–Crippen LogP) is 5.49. The van der Waals surface area contributed by atoms with Crippen LogP contribution in [0.5, 0.6) is 0 Å².